The molecule has 0 saturated carbocycles. The van der Waals surface area contributed by atoms with Gasteiger partial charge >= 0.3 is 0 Å². The predicted octanol–water partition coefficient (Wildman–Crippen LogP) is 1.55. The number of anilines is 1. The van der Waals surface area contributed by atoms with Crippen molar-refractivity contribution in [2.75, 3.05) is 25.1 Å². The third kappa shape index (κ3) is 4.32. The van der Waals surface area contributed by atoms with Gasteiger partial charge in [0, 0.05) is 13.6 Å². The van der Waals surface area contributed by atoms with Gasteiger partial charge in [-0.1, -0.05) is 12.2 Å². The van der Waals surface area contributed by atoms with E-state index in [2.05, 4.69) is 32.9 Å². The maximum atomic E-state index is 11.5. The number of nitrogens with zero attached hydrogens (tertiary/aromatic N) is 2. The van der Waals surface area contributed by atoms with Gasteiger partial charge < -0.3 is 10.1 Å². The van der Waals surface area contributed by atoms with Gasteiger partial charge in [0.15, 0.2) is 0 Å². The molecule has 0 atom stereocenters. The fourth-order valence-corrected chi connectivity index (χ4v) is 1.64. The van der Waals surface area contributed by atoms with Crippen molar-refractivity contribution in [2.45, 2.75) is 6.92 Å². The van der Waals surface area contributed by atoms with Crippen molar-refractivity contribution in [2.24, 2.45) is 7.05 Å². The third-order valence-electron chi connectivity index (χ3n) is 1.99. The number of nitrogens with one attached hydrogen (secondary N) is 1. The summed E-state index contributed by atoms with van der Waals surface area (Å²) in [5.41, 5.74) is 1.49. The zero-order valence-corrected chi connectivity index (χ0v) is 11.6. The number of aromatic nitrogens is 2. The summed E-state index contributed by atoms with van der Waals surface area (Å²) in [6.45, 7) is 7.37. The number of hydrogen-bond donors (Lipinski definition) is 1. The molecule has 1 aromatic heterocycles. The van der Waals surface area contributed by atoms with Crippen LogP contribution in [0.3, 0.4) is 0 Å². The average Bonchev–Trinajstić information content (AvgIpc) is 2.28. The third-order valence-corrected chi connectivity index (χ3v) is 2.75. The lowest BCUT2D eigenvalue weighted by Crippen LogP contribution is -2.22. The molecule has 1 aromatic rings. The van der Waals surface area contributed by atoms with E-state index in [-0.39, 0.29) is 5.56 Å². The summed E-state index contributed by atoms with van der Waals surface area (Å²) in [5.74, 6) is 0. The minimum absolute atomic E-state index is 0.169. The molecule has 5 nitrogen and oxygen atoms in total. The van der Waals surface area contributed by atoms with Crippen molar-refractivity contribution in [1.82, 2.24) is 9.78 Å². The van der Waals surface area contributed by atoms with E-state index in [9.17, 15) is 4.79 Å². The van der Waals surface area contributed by atoms with Crippen molar-refractivity contribution < 1.29 is 4.74 Å². The van der Waals surface area contributed by atoms with Gasteiger partial charge in [-0.3, -0.25) is 4.79 Å². The molecule has 0 unspecified atom stereocenters. The minimum atomic E-state index is -0.169. The summed E-state index contributed by atoms with van der Waals surface area (Å²) in [6.07, 6.45) is 1.60. The Bertz CT molecular complexity index is 457. The maximum Gasteiger partial charge on any atom is 0.282 e. The molecule has 0 radical (unpaired) electrons. The minimum Gasteiger partial charge on any atom is -0.380 e. The molecule has 0 saturated heterocycles. The first-order valence-electron chi connectivity index (χ1n) is 5.20. The van der Waals surface area contributed by atoms with E-state index in [0.717, 1.165) is 5.57 Å². The Morgan fingerprint density at radius 1 is 1.71 bits per heavy atom. The first-order chi connectivity index (χ1) is 8.02. The molecule has 0 aliphatic carbocycles. The molecule has 0 aromatic carbocycles. The molecule has 0 bridgehead atoms. The standard InChI is InChI=1S/C11H16BrN3O2/c1-8(2)7-17-5-4-13-9-6-14-15(3)11(16)10(9)12/h6,13H,1,4-5,7H2,2-3H3. The maximum absolute atomic E-state index is 11.5. The highest BCUT2D eigenvalue weighted by atomic mass is 79.9. The quantitative estimate of drug-likeness (QED) is 0.640. The number of aryl methyl sites for hydroxylation is 1. The molecular formula is C11H16BrN3O2. The molecule has 1 N–H and O–H groups in total. The van der Waals surface area contributed by atoms with Gasteiger partial charge in [0.25, 0.3) is 5.56 Å². The SMILES string of the molecule is C=C(C)COCCNc1cnn(C)c(=O)c1Br. The van der Waals surface area contributed by atoms with Crippen LogP contribution in [0.15, 0.2) is 27.6 Å². The average molecular weight is 302 g/mol. The molecule has 0 spiro atoms. The van der Waals surface area contributed by atoms with Crippen LogP contribution >= 0.6 is 15.9 Å². The molecule has 6 heteroatoms. The monoisotopic (exact) mass is 301 g/mol. The van der Waals surface area contributed by atoms with Gasteiger partial charge in [-0.15, -0.1) is 0 Å². The van der Waals surface area contributed by atoms with Crippen LogP contribution in [0.5, 0.6) is 0 Å². The number of ether oxygens (including phenoxy) is 1. The Balaban J connectivity index is 2.45. The first-order valence-corrected chi connectivity index (χ1v) is 5.99. The van der Waals surface area contributed by atoms with Crippen LogP contribution in [0.1, 0.15) is 6.92 Å². The fourth-order valence-electron chi connectivity index (χ4n) is 1.14. The highest BCUT2D eigenvalue weighted by molar-refractivity contribution is 9.10. The van der Waals surface area contributed by atoms with E-state index in [4.69, 9.17) is 4.74 Å². The summed E-state index contributed by atoms with van der Waals surface area (Å²) in [6, 6.07) is 0. The van der Waals surface area contributed by atoms with E-state index >= 15 is 0 Å². The second-order valence-corrected chi connectivity index (χ2v) is 4.53. The van der Waals surface area contributed by atoms with Gasteiger partial charge in [-0.2, -0.15) is 5.10 Å². The van der Waals surface area contributed by atoms with E-state index in [0.29, 0.717) is 29.9 Å². The van der Waals surface area contributed by atoms with Crippen LogP contribution < -0.4 is 10.9 Å². The Morgan fingerprint density at radius 3 is 3.06 bits per heavy atom. The topological polar surface area (TPSA) is 56.1 Å². The van der Waals surface area contributed by atoms with Crippen LogP contribution in [-0.2, 0) is 11.8 Å². The number of halogens is 1. The Kier molecular flexibility index (Phi) is 5.37. The van der Waals surface area contributed by atoms with Gasteiger partial charge in [0.05, 0.1) is 25.1 Å². The Hall–Kier alpha value is -1.14. The fraction of sp³-hybridized carbons (Fsp3) is 0.455. The predicted molar refractivity (Wildman–Crippen MR) is 71.3 cm³/mol. The van der Waals surface area contributed by atoms with Crippen LogP contribution in [-0.4, -0.2) is 29.5 Å². The molecule has 0 aliphatic rings. The van der Waals surface area contributed by atoms with Crippen molar-refractivity contribution in [3.05, 3.63) is 33.2 Å². The molecule has 1 rings (SSSR count). The summed E-state index contributed by atoms with van der Waals surface area (Å²) in [5, 5.41) is 7.00. The molecule has 0 aliphatic heterocycles. The van der Waals surface area contributed by atoms with Crippen LogP contribution in [0.2, 0.25) is 0 Å². The van der Waals surface area contributed by atoms with Gasteiger partial charge in [-0.05, 0) is 22.9 Å². The summed E-state index contributed by atoms with van der Waals surface area (Å²) >= 11 is 3.23. The number of rotatable bonds is 6. The molecule has 94 valence electrons. The zero-order valence-electron chi connectivity index (χ0n) is 9.99. The van der Waals surface area contributed by atoms with Gasteiger partial charge in [0.1, 0.15) is 4.47 Å². The molecule has 0 fully saturated rings. The molecule has 1 heterocycles. The second kappa shape index (κ2) is 6.56. The normalized spacial score (nSPS) is 10.3. The summed E-state index contributed by atoms with van der Waals surface area (Å²) < 4.78 is 7.08. The molecular weight excluding hydrogens is 286 g/mol. The van der Waals surface area contributed by atoms with E-state index in [1.807, 2.05) is 6.92 Å². The van der Waals surface area contributed by atoms with Crippen molar-refractivity contribution in [3.63, 3.8) is 0 Å². The Labute approximate surface area is 109 Å². The highest BCUT2D eigenvalue weighted by Gasteiger charge is 2.05. The van der Waals surface area contributed by atoms with Crippen LogP contribution in [0.25, 0.3) is 0 Å². The number of hydrogen-bond acceptors (Lipinski definition) is 4. The lowest BCUT2D eigenvalue weighted by molar-refractivity contribution is 0.167. The lowest BCUT2D eigenvalue weighted by atomic mass is 10.4. The van der Waals surface area contributed by atoms with E-state index < -0.39 is 0 Å². The summed E-state index contributed by atoms with van der Waals surface area (Å²) in [4.78, 5) is 11.5. The lowest BCUT2D eigenvalue weighted by Gasteiger charge is -2.09. The smallest absolute Gasteiger partial charge is 0.282 e. The second-order valence-electron chi connectivity index (χ2n) is 3.74. The van der Waals surface area contributed by atoms with E-state index in [1.165, 1.54) is 4.68 Å². The molecule has 17 heavy (non-hydrogen) atoms. The largest absolute Gasteiger partial charge is 0.380 e. The van der Waals surface area contributed by atoms with Crippen molar-refractivity contribution >= 4 is 21.6 Å². The summed E-state index contributed by atoms with van der Waals surface area (Å²) in [7, 11) is 1.60. The Morgan fingerprint density at radius 2 is 2.41 bits per heavy atom. The van der Waals surface area contributed by atoms with Crippen LogP contribution in [0, 0.1) is 0 Å². The van der Waals surface area contributed by atoms with E-state index in [1.54, 1.807) is 13.2 Å². The zero-order chi connectivity index (χ0) is 12.8. The van der Waals surface area contributed by atoms with Crippen molar-refractivity contribution in [3.8, 4) is 0 Å². The van der Waals surface area contributed by atoms with Crippen LogP contribution in [0.4, 0.5) is 5.69 Å². The van der Waals surface area contributed by atoms with Crippen molar-refractivity contribution in [1.29, 1.82) is 0 Å². The highest BCUT2D eigenvalue weighted by Crippen LogP contribution is 2.15. The van der Waals surface area contributed by atoms with Gasteiger partial charge in [0.2, 0.25) is 0 Å². The first kappa shape index (κ1) is 13.9. The molecule has 0 amide bonds. The van der Waals surface area contributed by atoms with Gasteiger partial charge in [-0.25, -0.2) is 4.68 Å².